The molecule has 1 fully saturated rings. The number of nitrogens with zero attached hydrogens (tertiary/aromatic N) is 3. The van der Waals surface area contributed by atoms with Crippen LogP contribution in [-0.4, -0.2) is 38.7 Å². The Hall–Kier alpha value is -1.91. The van der Waals surface area contributed by atoms with Gasteiger partial charge in [0.05, 0.1) is 18.1 Å². The largest absolute Gasteiger partial charge is 0.340 e. The van der Waals surface area contributed by atoms with E-state index in [1.807, 2.05) is 0 Å². The second-order valence-electron chi connectivity index (χ2n) is 7.48. The third-order valence-electron chi connectivity index (χ3n) is 5.37. The molecule has 1 amide bonds. The topological polar surface area (TPSA) is 85.8 Å². The number of thiazole rings is 1. The van der Waals surface area contributed by atoms with Gasteiger partial charge in [-0.05, 0) is 19.3 Å². The first-order valence-electron chi connectivity index (χ1n) is 9.22. The van der Waals surface area contributed by atoms with E-state index in [9.17, 15) is 18.0 Å². The van der Waals surface area contributed by atoms with E-state index >= 15 is 0 Å². The first-order valence-corrected chi connectivity index (χ1v) is 10.4. The summed E-state index contributed by atoms with van der Waals surface area (Å²) < 4.78 is 43.8. The first kappa shape index (κ1) is 20.4. The van der Waals surface area contributed by atoms with Crippen molar-refractivity contribution in [1.82, 2.24) is 20.1 Å². The average molecular weight is 446 g/mol. The molecule has 1 aliphatic carbocycles. The van der Waals surface area contributed by atoms with Gasteiger partial charge in [-0.15, -0.1) is 0 Å². The molecular weight excluding hydrogens is 427 g/mol. The number of carbonyl (C=O) groups is 1. The van der Waals surface area contributed by atoms with Crippen molar-refractivity contribution in [1.29, 1.82) is 0 Å². The number of rotatable bonds is 3. The molecule has 0 spiro atoms. The Morgan fingerprint density at radius 1 is 1.48 bits per heavy atom. The van der Waals surface area contributed by atoms with Crippen LogP contribution in [0.4, 0.5) is 13.2 Å². The van der Waals surface area contributed by atoms with Crippen LogP contribution >= 0.6 is 22.9 Å². The number of allylic oxidation sites excluding steroid dienone is 1. The summed E-state index contributed by atoms with van der Waals surface area (Å²) in [6.07, 6.45) is 3.61. The van der Waals surface area contributed by atoms with Crippen LogP contribution < -0.4 is 11.1 Å². The van der Waals surface area contributed by atoms with Crippen molar-refractivity contribution in [3.05, 3.63) is 27.1 Å². The van der Waals surface area contributed by atoms with Crippen molar-refractivity contribution >= 4 is 35.0 Å². The molecule has 4 rings (SSSR count). The number of hydrogen-bond acceptors (Lipinski definition) is 5. The number of carbonyl (C=O) groups excluding carboxylic acids is 1. The summed E-state index contributed by atoms with van der Waals surface area (Å²) in [6, 6.07) is -2.28. The zero-order valence-electron chi connectivity index (χ0n) is 15.5. The number of hydrogen-bond donors (Lipinski definition) is 2. The van der Waals surface area contributed by atoms with Crippen molar-refractivity contribution in [3.8, 4) is 11.3 Å². The van der Waals surface area contributed by atoms with Gasteiger partial charge in [0.25, 0.3) is 11.8 Å². The minimum Gasteiger partial charge on any atom is -0.340 e. The van der Waals surface area contributed by atoms with Crippen LogP contribution in [0.5, 0.6) is 0 Å². The van der Waals surface area contributed by atoms with Crippen molar-refractivity contribution < 1.29 is 18.0 Å². The van der Waals surface area contributed by atoms with Gasteiger partial charge in [-0.1, -0.05) is 29.9 Å². The van der Waals surface area contributed by atoms with Crippen molar-refractivity contribution in [2.75, 3.05) is 0 Å². The van der Waals surface area contributed by atoms with Gasteiger partial charge >= 0.3 is 0 Å². The zero-order valence-corrected chi connectivity index (χ0v) is 17.0. The minimum absolute atomic E-state index is 0.0379. The molecule has 1 aliphatic heterocycles. The quantitative estimate of drug-likeness (QED) is 0.751. The van der Waals surface area contributed by atoms with Gasteiger partial charge < -0.3 is 11.1 Å². The third kappa shape index (κ3) is 3.69. The first-order chi connectivity index (χ1) is 13.7. The number of amides is 1. The predicted octanol–water partition coefficient (Wildman–Crippen LogP) is 3.87. The van der Waals surface area contributed by atoms with Crippen LogP contribution in [0.25, 0.3) is 17.5 Å². The van der Waals surface area contributed by atoms with E-state index < -0.39 is 23.9 Å². The molecule has 0 aromatic carbocycles. The average Bonchev–Trinajstić information content (AvgIpc) is 3.21. The second kappa shape index (κ2) is 7.41. The van der Waals surface area contributed by atoms with Gasteiger partial charge in [0.2, 0.25) is 0 Å². The summed E-state index contributed by atoms with van der Waals surface area (Å²) >= 11 is 7.18. The zero-order chi connectivity index (χ0) is 20.9. The molecule has 3 N–H and O–H groups in total. The van der Waals surface area contributed by atoms with Gasteiger partial charge in [-0.25, -0.2) is 22.8 Å². The fourth-order valence-corrected chi connectivity index (χ4v) is 4.79. The minimum atomic E-state index is -3.07. The molecule has 11 heteroatoms. The van der Waals surface area contributed by atoms with E-state index in [0.717, 1.165) is 17.0 Å². The van der Waals surface area contributed by atoms with E-state index in [0.29, 0.717) is 30.5 Å². The second-order valence-corrected chi connectivity index (χ2v) is 9.08. The summed E-state index contributed by atoms with van der Waals surface area (Å²) in [5.41, 5.74) is 7.44. The summed E-state index contributed by atoms with van der Waals surface area (Å²) in [7, 11) is 0. The predicted molar refractivity (Wildman–Crippen MR) is 105 cm³/mol. The van der Waals surface area contributed by atoms with Crippen LogP contribution in [0.2, 0.25) is 4.34 Å². The molecule has 0 bridgehead atoms. The number of nitrogens with two attached hydrogens (primary N) is 1. The Morgan fingerprint density at radius 3 is 2.97 bits per heavy atom. The molecule has 0 radical (unpaired) electrons. The highest BCUT2D eigenvalue weighted by molar-refractivity contribution is 7.18. The number of fused-ring (bicyclic) bond motifs is 1. The van der Waals surface area contributed by atoms with E-state index in [1.165, 1.54) is 17.1 Å². The molecule has 2 aromatic rings. The fraction of sp³-hybridized carbons (Fsp3) is 0.500. The lowest BCUT2D eigenvalue weighted by atomic mass is 9.87. The van der Waals surface area contributed by atoms with Gasteiger partial charge in [0.15, 0.2) is 5.01 Å². The van der Waals surface area contributed by atoms with Crippen molar-refractivity contribution in [3.63, 3.8) is 0 Å². The molecular formula is C18H19ClF3N5OS. The fourth-order valence-electron chi connectivity index (χ4n) is 3.72. The molecule has 3 atom stereocenters. The summed E-state index contributed by atoms with van der Waals surface area (Å²) in [5.74, 6) is -4.41. The molecule has 2 aromatic heterocycles. The van der Waals surface area contributed by atoms with Crippen molar-refractivity contribution in [2.45, 2.75) is 50.6 Å². The normalized spacial score (nSPS) is 26.0. The van der Waals surface area contributed by atoms with Gasteiger partial charge in [0.1, 0.15) is 21.9 Å². The van der Waals surface area contributed by atoms with E-state index in [2.05, 4.69) is 15.4 Å². The Kier molecular flexibility index (Phi) is 5.20. The van der Waals surface area contributed by atoms with Gasteiger partial charge in [-0.2, -0.15) is 5.10 Å². The maximum absolute atomic E-state index is 14.2. The highest BCUT2D eigenvalue weighted by Gasteiger charge is 2.46. The summed E-state index contributed by atoms with van der Waals surface area (Å²) in [6.45, 7) is 1.75. The number of nitrogens with one attached hydrogen (secondary N) is 1. The van der Waals surface area contributed by atoms with E-state index in [4.69, 9.17) is 17.3 Å². The Labute approximate surface area is 173 Å². The Balaban J connectivity index is 1.60. The SMILES string of the molecule is CC1Cc2c(-c3nc(C(=O)N[C@@H]4[C@H](N)CCCC4(F)F)sc3Cl)cnn2C=C1F. The molecule has 0 saturated heterocycles. The number of alkyl halides is 2. The van der Waals surface area contributed by atoms with Crippen LogP contribution in [0.1, 0.15) is 41.7 Å². The maximum Gasteiger partial charge on any atom is 0.280 e. The van der Waals surface area contributed by atoms with Crippen LogP contribution in [0.3, 0.4) is 0 Å². The smallest absolute Gasteiger partial charge is 0.280 e. The molecule has 3 heterocycles. The van der Waals surface area contributed by atoms with Gasteiger partial charge in [-0.3, -0.25) is 4.79 Å². The van der Waals surface area contributed by atoms with Crippen LogP contribution in [0.15, 0.2) is 12.0 Å². The standard InChI is InChI=1S/C18H19ClF3N5OS/c1-8-5-12-9(6-24-27(12)7-10(8)20)13-15(19)29-17(25-13)16(28)26-14-11(23)3-2-4-18(14,21)22/h6-8,11,14H,2-5,23H2,1H3,(H,26,28)/t8?,11-,14-/m1/s1. The van der Waals surface area contributed by atoms with Crippen molar-refractivity contribution in [2.24, 2.45) is 11.7 Å². The lowest BCUT2D eigenvalue weighted by molar-refractivity contribution is -0.0674. The number of halogens is 4. The molecule has 1 saturated carbocycles. The van der Waals surface area contributed by atoms with Gasteiger partial charge in [0, 0.05) is 23.9 Å². The molecule has 6 nitrogen and oxygen atoms in total. The Morgan fingerprint density at radius 2 is 2.24 bits per heavy atom. The third-order valence-corrected chi connectivity index (χ3v) is 6.62. The molecule has 156 valence electrons. The van der Waals surface area contributed by atoms with Crippen LogP contribution in [0, 0.1) is 5.92 Å². The molecule has 29 heavy (non-hydrogen) atoms. The molecule has 2 aliphatic rings. The number of aromatic nitrogens is 3. The maximum atomic E-state index is 14.2. The molecule has 1 unspecified atom stereocenters. The Bertz CT molecular complexity index is 988. The van der Waals surface area contributed by atoms with E-state index in [-0.39, 0.29) is 27.5 Å². The van der Waals surface area contributed by atoms with Crippen LogP contribution in [-0.2, 0) is 6.42 Å². The van der Waals surface area contributed by atoms with E-state index in [1.54, 1.807) is 6.92 Å². The highest BCUT2D eigenvalue weighted by atomic mass is 35.5. The monoisotopic (exact) mass is 445 g/mol. The lowest BCUT2D eigenvalue weighted by Gasteiger charge is -2.36. The highest BCUT2D eigenvalue weighted by Crippen LogP contribution is 2.38. The lowest BCUT2D eigenvalue weighted by Crippen LogP contribution is -2.59. The summed E-state index contributed by atoms with van der Waals surface area (Å²) in [5, 5.41) is 6.42. The summed E-state index contributed by atoms with van der Waals surface area (Å²) in [4.78, 5) is 16.8.